The second-order valence-corrected chi connectivity index (χ2v) is 10.6. The highest BCUT2D eigenvalue weighted by atomic mass is 32.2. The smallest absolute Gasteiger partial charge is 0.407 e. The molecule has 6 nitrogen and oxygen atoms in total. The quantitative estimate of drug-likeness (QED) is 0.610. The molecule has 3 rings (SSSR count). The minimum Gasteiger partial charge on any atom is -0.490 e. The second kappa shape index (κ2) is 8.55. The van der Waals surface area contributed by atoms with Crippen LogP contribution < -0.4 is 13.9 Å². The highest BCUT2D eigenvalue weighted by Crippen LogP contribution is 2.40. The Kier molecular flexibility index (Phi) is 6.45. The lowest BCUT2D eigenvalue weighted by Gasteiger charge is -2.28. The van der Waals surface area contributed by atoms with Crippen molar-refractivity contribution >= 4 is 27.3 Å². The number of rotatable bonds is 5. The number of ether oxygens (including phenoxy) is 1. The van der Waals surface area contributed by atoms with E-state index in [1.807, 2.05) is 0 Å². The van der Waals surface area contributed by atoms with E-state index in [0.29, 0.717) is 22.1 Å². The van der Waals surface area contributed by atoms with Crippen LogP contribution in [0.2, 0.25) is 0 Å². The van der Waals surface area contributed by atoms with Gasteiger partial charge in [-0.2, -0.15) is 13.2 Å². The van der Waals surface area contributed by atoms with Crippen LogP contribution in [-0.4, -0.2) is 40.2 Å². The van der Waals surface area contributed by atoms with Crippen molar-refractivity contribution in [2.24, 2.45) is 5.41 Å². The van der Waals surface area contributed by atoms with E-state index < -0.39 is 28.2 Å². The number of fused-ring (bicyclic) bond motifs is 1. The molecule has 0 spiro atoms. The molecule has 0 fully saturated rings. The molecule has 0 unspecified atom stereocenters. The number of aryl methyl sites for hydroxylation is 2. The zero-order valence-electron chi connectivity index (χ0n) is 19.2. The van der Waals surface area contributed by atoms with Crippen LogP contribution in [0.4, 0.5) is 24.5 Å². The van der Waals surface area contributed by atoms with Crippen molar-refractivity contribution in [2.45, 2.75) is 45.7 Å². The van der Waals surface area contributed by atoms with E-state index in [1.165, 1.54) is 35.2 Å². The molecule has 0 atom stereocenters. The normalized spacial score (nSPS) is 16.1. The first kappa shape index (κ1) is 24.9. The fourth-order valence-electron chi connectivity index (χ4n) is 3.58. The van der Waals surface area contributed by atoms with E-state index in [-0.39, 0.29) is 28.8 Å². The second-order valence-electron chi connectivity index (χ2n) is 8.75. The summed E-state index contributed by atoms with van der Waals surface area (Å²) in [7, 11) is -4.54. The van der Waals surface area contributed by atoms with Gasteiger partial charge in [0, 0.05) is 12.6 Å². The maximum atomic E-state index is 13.5. The van der Waals surface area contributed by atoms with E-state index >= 15 is 0 Å². The summed E-state index contributed by atoms with van der Waals surface area (Å²) in [6.07, 6.45) is -4.78. The Morgan fingerprint density at radius 2 is 1.76 bits per heavy atom. The molecular weight excluding hydrogens is 457 g/mol. The molecule has 180 valence electrons. The van der Waals surface area contributed by atoms with Crippen LogP contribution in [0.15, 0.2) is 41.3 Å². The van der Waals surface area contributed by atoms with E-state index in [4.69, 9.17) is 4.74 Å². The maximum absolute atomic E-state index is 13.5. The molecule has 0 aromatic heterocycles. The lowest BCUT2D eigenvalue weighted by molar-refractivity contribution is -0.127. The Morgan fingerprint density at radius 3 is 2.33 bits per heavy atom. The number of hydrogen-bond acceptors (Lipinski definition) is 4. The third-order valence-corrected chi connectivity index (χ3v) is 7.41. The van der Waals surface area contributed by atoms with Crippen LogP contribution in [0.25, 0.3) is 0 Å². The molecule has 0 radical (unpaired) electrons. The summed E-state index contributed by atoms with van der Waals surface area (Å²) < 4.78 is 73.1. The molecule has 1 amide bonds. The van der Waals surface area contributed by atoms with E-state index in [9.17, 15) is 26.4 Å². The van der Waals surface area contributed by atoms with Crippen LogP contribution in [0.5, 0.6) is 5.75 Å². The van der Waals surface area contributed by atoms with E-state index in [2.05, 4.69) is 0 Å². The average molecular weight is 485 g/mol. The fraction of sp³-hybridized carbons (Fsp3) is 0.435. The predicted octanol–water partition coefficient (Wildman–Crippen LogP) is 4.83. The maximum Gasteiger partial charge on any atom is 0.407 e. The highest BCUT2D eigenvalue weighted by molar-refractivity contribution is 7.92. The Morgan fingerprint density at radius 1 is 1.09 bits per heavy atom. The van der Waals surface area contributed by atoms with Crippen molar-refractivity contribution in [1.82, 2.24) is 0 Å². The Balaban J connectivity index is 2.14. The van der Waals surface area contributed by atoms with Gasteiger partial charge in [0.15, 0.2) is 0 Å². The predicted molar refractivity (Wildman–Crippen MR) is 120 cm³/mol. The van der Waals surface area contributed by atoms with Crippen molar-refractivity contribution in [3.05, 3.63) is 47.5 Å². The number of halogens is 3. The molecule has 0 bridgehead atoms. The lowest BCUT2D eigenvalue weighted by atomic mass is 9.93. The number of amides is 1. The van der Waals surface area contributed by atoms with Crippen molar-refractivity contribution in [2.75, 3.05) is 28.9 Å². The summed E-state index contributed by atoms with van der Waals surface area (Å²) >= 11 is 0. The topological polar surface area (TPSA) is 66.9 Å². The van der Waals surface area contributed by atoms with Crippen LogP contribution in [0, 0.1) is 19.3 Å². The monoisotopic (exact) mass is 484 g/mol. The van der Waals surface area contributed by atoms with Gasteiger partial charge in [-0.05, 0) is 70.0 Å². The molecule has 1 aliphatic rings. The molecule has 0 aliphatic carbocycles. The SMILES string of the molecule is CCN1C(=O)C(C)(C)COc2cc(N(CC(F)(F)F)S(=O)(=O)c3ccc(C)c(C)c3)ccc21. The molecule has 33 heavy (non-hydrogen) atoms. The van der Waals surface area contributed by atoms with Gasteiger partial charge in [0.05, 0.1) is 21.7 Å². The summed E-state index contributed by atoms with van der Waals surface area (Å²) in [5, 5.41) is 0. The first-order valence-electron chi connectivity index (χ1n) is 10.4. The van der Waals surface area contributed by atoms with Gasteiger partial charge in [0.25, 0.3) is 10.0 Å². The van der Waals surface area contributed by atoms with Crippen molar-refractivity contribution in [3.8, 4) is 5.75 Å². The Hall–Kier alpha value is -2.75. The summed E-state index contributed by atoms with van der Waals surface area (Å²) in [5.74, 6) is -0.0397. The zero-order valence-corrected chi connectivity index (χ0v) is 20.0. The number of hydrogen-bond donors (Lipinski definition) is 0. The number of anilines is 2. The minimum absolute atomic E-state index is 0.00195. The van der Waals surface area contributed by atoms with Gasteiger partial charge in [-0.25, -0.2) is 8.42 Å². The summed E-state index contributed by atoms with van der Waals surface area (Å²) in [6.45, 7) is 7.30. The van der Waals surface area contributed by atoms with Gasteiger partial charge in [0.1, 0.15) is 18.9 Å². The number of alkyl halides is 3. The molecule has 0 saturated carbocycles. The van der Waals surface area contributed by atoms with Crippen LogP contribution in [-0.2, 0) is 14.8 Å². The highest BCUT2D eigenvalue weighted by Gasteiger charge is 2.40. The molecule has 10 heteroatoms. The van der Waals surface area contributed by atoms with E-state index in [0.717, 1.165) is 5.56 Å². The fourth-order valence-corrected chi connectivity index (χ4v) is 5.11. The molecule has 0 N–H and O–H groups in total. The first-order chi connectivity index (χ1) is 15.2. The number of carbonyl (C=O) groups is 1. The standard InChI is InChI=1S/C23H27F3N2O4S/c1-6-27-19-10-8-17(12-20(19)32-14-22(4,5)21(27)29)28(13-23(24,25)26)33(30,31)18-9-7-15(2)16(3)11-18/h7-12H,6,13-14H2,1-5H3. The summed E-state index contributed by atoms with van der Waals surface area (Å²) in [5.41, 5.74) is 0.793. The van der Waals surface area contributed by atoms with Crippen LogP contribution in [0.1, 0.15) is 31.9 Å². The molecular formula is C23H27F3N2O4S. The van der Waals surface area contributed by atoms with Gasteiger partial charge < -0.3 is 9.64 Å². The van der Waals surface area contributed by atoms with Gasteiger partial charge >= 0.3 is 6.18 Å². The van der Waals surface area contributed by atoms with Gasteiger partial charge in [-0.3, -0.25) is 9.10 Å². The van der Waals surface area contributed by atoms with Crippen LogP contribution >= 0.6 is 0 Å². The third kappa shape index (κ3) is 4.95. The molecule has 2 aromatic carbocycles. The molecule has 1 heterocycles. The molecule has 1 aliphatic heterocycles. The number of nitrogens with zero attached hydrogens (tertiary/aromatic N) is 2. The van der Waals surface area contributed by atoms with E-state index in [1.54, 1.807) is 40.7 Å². The Labute approximate surface area is 192 Å². The third-order valence-electron chi connectivity index (χ3n) is 5.64. The average Bonchev–Trinajstić information content (AvgIpc) is 2.81. The van der Waals surface area contributed by atoms with Gasteiger partial charge in [0.2, 0.25) is 5.91 Å². The minimum atomic E-state index is -4.78. The molecule has 2 aromatic rings. The summed E-state index contributed by atoms with van der Waals surface area (Å²) in [4.78, 5) is 14.1. The zero-order chi connectivity index (χ0) is 24.8. The van der Waals surface area contributed by atoms with Gasteiger partial charge in [-0.1, -0.05) is 6.07 Å². The summed E-state index contributed by atoms with van der Waals surface area (Å²) in [6, 6.07) is 8.14. The van der Waals surface area contributed by atoms with Gasteiger partial charge in [-0.15, -0.1) is 0 Å². The first-order valence-corrected chi connectivity index (χ1v) is 11.9. The number of carbonyl (C=O) groups excluding carboxylic acids is 1. The Bertz CT molecular complexity index is 1180. The van der Waals surface area contributed by atoms with Crippen molar-refractivity contribution in [3.63, 3.8) is 0 Å². The largest absolute Gasteiger partial charge is 0.490 e. The lowest BCUT2D eigenvalue weighted by Crippen LogP contribution is -2.42. The van der Waals surface area contributed by atoms with Crippen molar-refractivity contribution < 1.29 is 31.1 Å². The van der Waals surface area contributed by atoms with Crippen LogP contribution in [0.3, 0.4) is 0 Å². The number of benzene rings is 2. The van der Waals surface area contributed by atoms with Crippen molar-refractivity contribution in [1.29, 1.82) is 0 Å². The number of sulfonamides is 1. The molecule has 0 saturated heterocycles.